The molecule has 29 heavy (non-hydrogen) atoms. The molecule has 0 saturated carbocycles. The average Bonchev–Trinajstić information content (AvgIpc) is 2.75. The van der Waals surface area contributed by atoms with Crippen molar-refractivity contribution in [2.75, 3.05) is 5.43 Å². The van der Waals surface area contributed by atoms with Crippen LogP contribution in [-0.4, -0.2) is 26.3 Å². The normalized spacial score (nSPS) is 10.9. The van der Waals surface area contributed by atoms with Crippen LogP contribution in [0.4, 0.5) is 5.95 Å². The van der Waals surface area contributed by atoms with Gasteiger partial charge in [-0.25, -0.2) is 15.4 Å². The van der Waals surface area contributed by atoms with Crippen molar-refractivity contribution in [1.29, 1.82) is 0 Å². The molecule has 0 aliphatic heterocycles. The highest BCUT2D eigenvalue weighted by Crippen LogP contribution is 2.30. The second-order valence-corrected chi connectivity index (χ2v) is 6.50. The number of para-hydroxylation sites is 1. The minimum absolute atomic E-state index is 0.158. The van der Waals surface area contributed by atoms with Crippen molar-refractivity contribution < 1.29 is 5.11 Å². The lowest BCUT2D eigenvalue weighted by molar-refractivity contribution is 0.477. The Kier molecular flexibility index (Phi) is 5.25. The largest absolute Gasteiger partial charge is 0.507 e. The number of nitrogens with zero attached hydrogens (tertiary/aromatic N) is 4. The van der Waals surface area contributed by atoms with Gasteiger partial charge in [0.2, 0.25) is 5.95 Å². The summed E-state index contributed by atoms with van der Waals surface area (Å²) >= 11 is 0. The van der Waals surface area contributed by atoms with Gasteiger partial charge in [-0.05, 0) is 31.2 Å². The fraction of sp³-hybridized carbons (Fsp3) is 0.0435. The number of pyridine rings is 1. The second-order valence-electron chi connectivity index (χ2n) is 6.50. The van der Waals surface area contributed by atoms with E-state index in [0.29, 0.717) is 17.2 Å². The topological polar surface area (TPSA) is 83.3 Å². The molecular weight excluding hydrogens is 362 g/mol. The van der Waals surface area contributed by atoms with E-state index in [4.69, 9.17) is 0 Å². The average molecular weight is 381 g/mol. The van der Waals surface area contributed by atoms with Crippen LogP contribution in [0.1, 0.15) is 11.1 Å². The maximum Gasteiger partial charge on any atom is 0.244 e. The van der Waals surface area contributed by atoms with Gasteiger partial charge in [0.05, 0.1) is 17.6 Å². The molecule has 0 amide bonds. The van der Waals surface area contributed by atoms with Crippen molar-refractivity contribution in [3.05, 3.63) is 90.3 Å². The van der Waals surface area contributed by atoms with Crippen LogP contribution >= 0.6 is 0 Å². The summed E-state index contributed by atoms with van der Waals surface area (Å²) in [5, 5.41) is 14.5. The Morgan fingerprint density at radius 3 is 2.48 bits per heavy atom. The van der Waals surface area contributed by atoms with E-state index in [1.165, 1.54) is 5.56 Å². The zero-order valence-corrected chi connectivity index (χ0v) is 15.8. The molecule has 4 aromatic rings. The van der Waals surface area contributed by atoms with E-state index in [1.54, 1.807) is 30.7 Å². The number of aryl methyl sites for hydroxylation is 1. The summed E-state index contributed by atoms with van der Waals surface area (Å²) in [4.78, 5) is 13.2. The Morgan fingerprint density at radius 1 is 0.931 bits per heavy atom. The van der Waals surface area contributed by atoms with Crippen LogP contribution in [-0.2, 0) is 0 Å². The number of hydrazone groups is 1. The molecule has 0 fully saturated rings. The molecule has 2 N–H and O–H groups in total. The van der Waals surface area contributed by atoms with Crippen LogP contribution in [0.3, 0.4) is 0 Å². The monoisotopic (exact) mass is 381 g/mol. The fourth-order valence-electron chi connectivity index (χ4n) is 2.81. The van der Waals surface area contributed by atoms with Gasteiger partial charge in [-0.2, -0.15) is 5.10 Å². The summed E-state index contributed by atoms with van der Waals surface area (Å²) in [5.41, 5.74) is 7.83. The molecule has 4 rings (SSSR count). The van der Waals surface area contributed by atoms with E-state index < -0.39 is 0 Å². The molecule has 0 saturated heterocycles. The maximum absolute atomic E-state index is 10.3. The lowest BCUT2D eigenvalue weighted by Gasteiger charge is -2.09. The molecule has 0 unspecified atom stereocenters. The number of nitrogens with one attached hydrogen (secondary N) is 1. The summed E-state index contributed by atoms with van der Waals surface area (Å²) in [6.07, 6.45) is 5.06. The highest BCUT2D eigenvalue weighted by atomic mass is 16.3. The molecule has 6 nitrogen and oxygen atoms in total. The van der Waals surface area contributed by atoms with Gasteiger partial charge in [0.15, 0.2) is 0 Å². The van der Waals surface area contributed by atoms with Crippen LogP contribution in [0.25, 0.3) is 22.5 Å². The number of rotatable bonds is 5. The van der Waals surface area contributed by atoms with Crippen molar-refractivity contribution in [2.45, 2.75) is 6.92 Å². The number of anilines is 1. The number of benzene rings is 2. The van der Waals surface area contributed by atoms with Crippen molar-refractivity contribution >= 4 is 12.2 Å². The zero-order valence-electron chi connectivity index (χ0n) is 15.8. The number of aromatic hydroxyl groups is 1. The quantitative estimate of drug-likeness (QED) is 0.388. The Hall–Kier alpha value is -4.06. The van der Waals surface area contributed by atoms with E-state index in [9.17, 15) is 5.11 Å². The van der Waals surface area contributed by atoms with E-state index in [2.05, 4.69) is 25.5 Å². The van der Waals surface area contributed by atoms with Crippen LogP contribution in [0.15, 0.2) is 84.2 Å². The van der Waals surface area contributed by atoms with Crippen LogP contribution in [0.2, 0.25) is 0 Å². The van der Waals surface area contributed by atoms with Gasteiger partial charge in [-0.15, -0.1) is 0 Å². The van der Waals surface area contributed by atoms with E-state index >= 15 is 0 Å². The highest BCUT2D eigenvalue weighted by molar-refractivity contribution is 5.79. The molecule has 0 spiro atoms. The molecule has 142 valence electrons. The van der Waals surface area contributed by atoms with Crippen molar-refractivity contribution in [1.82, 2.24) is 15.0 Å². The third-order valence-electron chi connectivity index (χ3n) is 4.32. The number of hydrogen-bond donors (Lipinski definition) is 2. The highest BCUT2D eigenvalue weighted by Gasteiger charge is 2.11. The first-order chi connectivity index (χ1) is 14.2. The number of phenols is 1. The Balaban J connectivity index is 1.72. The van der Waals surface area contributed by atoms with Gasteiger partial charge in [0.25, 0.3) is 0 Å². The summed E-state index contributed by atoms with van der Waals surface area (Å²) in [5.74, 6) is 0.493. The van der Waals surface area contributed by atoms with E-state index in [1.807, 2.05) is 61.5 Å². The van der Waals surface area contributed by atoms with Gasteiger partial charge in [-0.3, -0.25) is 4.98 Å². The fourth-order valence-corrected chi connectivity index (χ4v) is 2.81. The smallest absolute Gasteiger partial charge is 0.244 e. The molecule has 2 heterocycles. The van der Waals surface area contributed by atoms with E-state index in [0.717, 1.165) is 16.8 Å². The SMILES string of the molecule is Cc1ccc(-c2cc(-c3ccccc3O)nc(N/N=C\c3cccnc3)n2)cc1. The summed E-state index contributed by atoms with van der Waals surface area (Å²) in [7, 11) is 0. The van der Waals surface area contributed by atoms with Gasteiger partial charge >= 0.3 is 0 Å². The molecule has 0 aliphatic rings. The number of phenolic OH excluding ortho intramolecular Hbond substituents is 1. The molecule has 2 aromatic heterocycles. The summed E-state index contributed by atoms with van der Waals surface area (Å²) in [6, 6.07) is 20.8. The summed E-state index contributed by atoms with van der Waals surface area (Å²) < 4.78 is 0. The molecule has 0 bridgehead atoms. The molecule has 0 radical (unpaired) electrons. The molecule has 2 aromatic carbocycles. The van der Waals surface area contributed by atoms with Crippen LogP contribution < -0.4 is 5.43 Å². The molecule has 0 atom stereocenters. The Bertz CT molecular complexity index is 1140. The summed E-state index contributed by atoms with van der Waals surface area (Å²) in [6.45, 7) is 2.04. The van der Waals surface area contributed by atoms with Crippen LogP contribution in [0, 0.1) is 6.92 Å². The van der Waals surface area contributed by atoms with Crippen LogP contribution in [0.5, 0.6) is 5.75 Å². The molecule has 6 heteroatoms. The number of hydrogen-bond acceptors (Lipinski definition) is 6. The van der Waals surface area contributed by atoms with Crippen molar-refractivity contribution in [2.24, 2.45) is 5.10 Å². The molecular formula is C23H19N5O. The minimum atomic E-state index is 0.158. The first-order valence-corrected chi connectivity index (χ1v) is 9.12. The molecule has 0 aliphatic carbocycles. The van der Waals surface area contributed by atoms with Gasteiger partial charge in [0.1, 0.15) is 5.75 Å². The zero-order chi connectivity index (χ0) is 20.1. The van der Waals surface area contributed by atoms with Gasteiger partial charge in [-0.1, -0.05) is 48.0 Å². The predicted molar refractivity (Wildman–Crippen MR) is 115 cm³/mol. The minimum Gasteiger partial charge on any atom is -0.507 e. The first kappa shape index (κ1) is 18.3. The third kappa shape index (κ3) is 4.44. The Morgan fingerprint density at radius 2 is 1.72 bits per heavy atom. The standard InChI is InChI=1S/C23H19N5O/c1-16-8-10-18(11-9-16)20-13-21(19-6-2-3-7-22(19)29)27-23(26-20)28-25-15-17-5-4-12-24-14-17/h2-15,29H,1H3,(H,26,27,28)/b25-15-. The predicted octanol–water partition coefficient (Wildman–Crippen LogP) is 4.67. The second kappa shape index (κ2) is 8.31. The Labute approximate surface area is 168 Å². The van der Waals surface area contributed by atoms with Crippen molar-refractivity contribution in [3.8, 4) is 28.3 Å². The lowest BCUT2D eigenvalue weighted by atomic mass is 10.1. The number of aromatic nitrogens is 3. The van der Waals surface area contributed by atoms with Gasteiger partial charge < -0.3 is 5.11 Å². The third-order valence-corrected chi connectivity index (χ3v) is 4.32. The first-order valence-electron chi connectivity index (χ1n) is 9.12. The lowest BCUT2D eigenvalue weighted by Crippen LogP contribution is -2.00. The maximum atomic E-state index is 10.3. The van der Waals surface area contributed by atoms with E-state index in [-0.39, 0.29) is 5.75 Å². The van der Waals surface area contributed by atoms with Gasteiger partial charge in [0, 0.05) is 29.1 Å². The van der Waals surface area contributed by atoms with Crippen molar-refractivity contribution in [3.63, 3.8) is 0 Å².